The molecule has 1 aromatic heterocycles. The number of halogens is 5. The first-order chi connectivity index (χ1) is 8.77. The van der Waals surface area contributed by atoms with Crippen LogP contribution < -0.4 is 0 Å². The number of hydrogen-bond donors (Lipinski definition) is 0. The quantitative estimate of drug-likeness (QED) is 0.579. The van der Waals surface area contributed by atoms with E-state index >= 15 is 0 Å². The van der Waals surface area contributed by atoms with Gasteiger partial charge in [-0.2, -0.15) is 13.2 Å². The number of aryl methyl sites for hydroxylation is 1. The molecule has 0 saturated heterocycles. The van der Waals surface area contributed by atoms with Crippen LogP contribution in [0.3, 0.4) is 0 Å². The maximum absolute atomic E-state index is 13.6. The second-order valence-corrected chi connectivity index (χ2v) is 4.23. The zero-order valence-corrected chi connectivity index (χ0v) is 10.3. The van der Waals surface area contributed by atoms with E-state index in [1.807, 2.05) is 0 Å². The molecule has 0 unspecified atom stereocenters. The van der Waals surface area contributed by atoms with Gasteiger partial charge < -0.3 is 0 Å². The molecule has 0 amide bonds. The molecule has 0 fully saturated rings. The average Bonchev–Trinajstić information content (AvgIpc) is 2.30. The Bertz CT molecular complexity index is 626. The van der Waals surface area contributed by atoms with Crippen molar-refractivity contribution in [2.45, 2.75) is 13.1 Å². The molecular weight excluding hydrogens is 284 g/mol. The van der Waals surface area contributed by atoms with Crippen LogP contribution in [0.1, 0.15) is 11.3 Å². The van der Waals surface area contributed by atoms with E-state index in [1.54, 1.807) is 6.92 Å². The Hall–Kier alpha value is -1.69. The van der Waals surface area contributed by atoms with E-state index in [4.69, 9.17) is 11.6 Å². The maximum Gasteiger partial charge on any atom is 0.433 e. The molecule has 0 N–H and O–H groups in total. The van der Waals surface area contributed by atoms with Crippen molar-refractivity contribution in [1.29, 1.82) is 0 Å². The Balaban J connectivity index is 2.63. The number of alkyl halides is 3. The van der Waals surface area contributed by atoms with Crippen molar-refractivity contribution in [3.63, 3.8) is 0 Å². The monoisotopic (exact) mass is 290 g/mol. The van der Waals surface area contributed by atoms with E-state index in [9.17, 15) is 17.6 Å². The summed E-state index contributed by atoms with van der Waals surface area (Å²) in [4.78, 5) is 6.72. The highest BCUT2D eigenvalue weighted by Gasteiger charge is 2.33. The van der Waals surface area contributed by atoms with E-state index in [1.165, 1.54) is 12.1 Å². The van der Waals surface area contributed by atoms with Gasteiger partial charge in [0, 0.05) is 5.56 Å². The van der Waals surface area contributed by atoms with Crippen LogP contribution in [-0.4, -0.2) is 9.97 Å². The minimum Gasteiger partial charge on any atom is -0.218 e. The molecule has 1 aromatic carbocycles. The molecule has 0 atom stereocenters. The third kappa shape index (κ3) is 3.01. The van der Waals surface area contributed by atoms with E-state index in [2.05, 4.69) is 9.97 Å². The van der Waals surface area contributed by atoms with Crippen molar-refractivity contribution in [2.75, 3.05) is 0 Å². The fraction of sp³-hybridized carbons (Fsp3) is 0.167. The largest absolute Gasteiger partial charge is 0.433 e. The number of rotatable bonds is 1. The summed E-state index contributed by atoms with van der Waals surface area (Å²) in [6, 6.07) is 4.73. The second kappa shape index (κ2) is 4.77. The van der Waals surface area contributed by atoms with E-state index in [-0.39, 0.29) is 11.3 Å². The standard InChI is InChI=1S/C12H7ClF4N2/c1-6-2-3-8(14)7(4-6)9-5-10(12(15,16)17)19-11(13)18-9/h2-5H,1H3. The predicted molar refractivity (Wildman–Crippen MR) is 62.2 cm³/mol. The summed E-state index contributed by atoms with van der Waals surface area (Å²) in [5.74, 6) is -0.673. The Morgan fingerprint density at radius 1 is 1.11 bits per heavy atom. The summed E-state index contributed by atoms with van der Waals surface area (Å²) in [5, 5.41) is -0.578. The third-order valence-corrected chi connectivity index (χ3v) is 2.56. The molecule has 2 nitrogen and oxygen atoms in total. The first kappa shape index (κ1) is 13.7. The van der Waals surface area contributed by atoms with Crippen LogP contribution in [0.2, 0.25) is 5.28 Å². The molecule has 0 aliphatic rings. The highest BCUT2D eigenvalue weighted by Crippen LogP contribution is 2.31. The zero-order valence-electron chi connectivity index (χ0n) is 9.59. The molecule has 100 valence electrons. The molecule has 0 radical (unpaired) electrons. The average molecular weight is 291 g/mol. The van der Waals surface area contributed by atoms with Gasteiger partial charge in [0.15, 0.2) is 0 Å². The van der Waals surface area contributed by atoms with Crippen molar-refractivity contribution in [3.05, 3.63) is 46.6 Å². The summed E-state index contributed by atoms with van der Waals surface area (Å²) in [6.07, 6.45) is -4.67. The summed E-state index contributed by atoms with van der Waals surface area (Å²) in [6.45, 7) is 1.69. The van der Waals surface area contributed by atoms with Gasteiger partial charge in [0.2, 0.25) is 5.28 Å². The lowest BCUT2D eigenvalue weighted by atomic mass is 10.1. The lowest BCUT2D eigenvalue weighted by Crippen LogP contribution is -2.09. The number of hydrogen-bond acceptors (Lipinski definition) is 2. The summed E-state index contributed by atoms with van der Waals surface area (Å²) < 4.78 is 51.4. The minimum atomic E-state index is -4.67. The Morgan fingerprint density at radius 3 is 2.42 bits per heavy atom. The van der Waals surface area contributed by atoms with Crippen molar-refractivity contribution < 1.29 is 17.6 Å². The van der Waals surface area contributed by atoms with Crippen molar-refractivity contribution >= 4 is 11.6 Å². The van der Waals surface area contributed by atoms with Crippen molar-refractivity contribution in [1.82, 2.24) is 9.97 Å². The van der Waals surface area contributed by atoms with Crippen LogP contribution in [0.25, 0.3) is 11.3 Å². The Morgan fingerprint density at radius 2 is 1.79 bits per heavy atom. The van der Waals surface area contributed by atoms with Crippen LogP contribution in [0.4, 0.5) is 17.6 Å². The molecule has 0 spiro atoms. The fourth-order valence-corrected chi connectivity index (χ4v) is 1.72. The van der Waals surface area contributed by atoms with Crippen LogP contribution in [0, 0.1) is 12.7 Å². The van der Waals surface area contributed by atoms with Gasteiger partial charge in [-0.25, -0.2) is 14.4 Å². The molecule has 2 rings (SSSR count). The topological polar surface area (TPSA) is 25.8 Å². The molecule has 0 aliphatic heterocycles. The normalized spacial score (nSPS) is 11.7. The van der Waals surface area contributed by atoms with E-state index < -0.39 is 23.0 Å². The van der Waals surface area contributed by atoms with Gasteiger partial charge in [-0.3, -0.25) is 0 Å². The summed E-state index contributed by atoms with van der Waals surface area (Å²) in [7, 11) is 0. The molecule has 2 aromatic rings. The predicted octanol–water partition coefficient (Wildman–Crippen LogP) is 4.26. The molecule has 7 heteroatoms. The number of nitrogens with zero attached hydrogens (tertiary/aromatic N) is 2. The molecule has 0 bridgehead atoms. The van der Waals surface area contributed by atoms with Crippen molar-refractivity contribution in [2.24, 2.45) is 0 Å². The van der Waals surface area contributed by atoms with Crippen LogP contribution >= 0.6 is 11.6 Å². The summed E-state index contributed by atoms with van der Waals surface area (Å²) >= 11 is 5.45. The molecule has 19 heavy (non-hydrogen) atoms. The van der Waals surface area contributed by atoms with Gasteiger partial charge in [-0.05, 0) is 36.7 Å². The SMILES string of the molecule is Cc1ccc(F)c(-c2cc(C(F)(F)F)nc(Cl)n2)c1. The molecule has 0 saturated carbocycles. The van der Waals surface area contributed by atoms with Gasteiger partial charge in [0.1, 0.15) is 11.5 Å². The van der Waals surface area contributed by atoms with Crippen LogP contribution in [-0.2, 0) is 6.18 Å². The fourth-order valence-electron chi connectivity index (χ4n) is 1.54. The molecule has 0 aliphatic carbocycles. The Labute approximate surface area is 111 Å². The van der Waals surface area contributed by atoms with E-state index in [0.717, 1.165) is 6.07 Å². The number of benzene rings is 1. The summed E-state index contributed by atoms with van der Waals surface area (Å²) in [5.41, 5.74) is -0.758. The highest BCUT2D eigenvalue weighted by atomic mass is 35.5. The van der Waals surface area contributed by atoms with Crippen LogP contribution in [0.5, 0.6) is 0 Å². The highest BCUT2D eigenvalue weighted by molar-refractivity contribution is 6.28. The minimum absolute atomic E-state index is 0.0465. The zero-order chi connectivity index (χ0) is 14.2. The first-order valence-electron chi connectivity index (χ1n) is 5.15. The first-order valence-corrected chi connectivity index (χ1v) is 5.53. The van der Waals surface area contributed by atoms with Gasteiger partial charge in [-0.1, -0.05) is 11.6 Å². The molecular formula is C12H7ClF4N2. The van der Waals surface area contributed by atoms with Gasteiger partial charge in [-0.15, -0.1) is 0 Å². The van der Waals surface area contributed by atoms with Gasteiger partial charge >= 0.3 is 6.18 Å². The van der Waals surface area contributed by atoms with Gasteiger partial charge in [0.25, 0.3) is 0 Å². The van der Waals surface area contributed by atoms with Crippen molar-refractivity contribution in [3.8, 4) is 11.3 Å². The Kier molecular flexibility index (Phi) is 3.45. The van der Waals surface area contributed by atoms with E-state index in [0.29, 0.717) is 11.6 Å². The lowest BCUT2D eigenvalue weighted by molar-refractivity contribution is -0.141. The van der Waals surface area contributed by atoms with Gasteiger partial charge in [0.05, 0.1) is 5.69 Å². The van der Waals surface area contributed by atoms with Crippen LogP contribution in [0.15, 0.2) is 24.3 Å². The second-order valence-electron chi connectivity index (χ2n) is 3.89. The molecule has 1 heterocycles. The smallest absolute Gasteiger partial charge is 0.218 e. The maximum atomic E-state index is 13.6. The lowest BCUT2D eigenvalue weighted by Gasteiger charge is -2.09. The third-order valence-electron chi connectivity index (χ3n) is 2.39. The number of aromatic nitrogens is 2.